The molecule has 0 amide bonds. The van der Waals surface area contributed by atoms with E-state index in [9.17, 15) is 0 Å². The van der Waals surface area contributed by atoms with Crippen molar-refractivity contribution in [3.8, 4) is 10.6 Å². The number of thiazole rings is 1. The Balaban J connectivity index is 1.89. The molecule has 3 heterocycles. The summed E-state index contributed by atoms with van der Waals surface area (Å²) in [5, 5.41) is 2.76. The number of hydrogen-bond donors (Lipinski definition) is 1. The molecule has 3 nitrogen and oxygen atoms in total. The molecule has 1 unspecified atom stereocenters. The minimum atomic E-state index is 0.668. The molecule has 0 aliphatic carbocycles. The molecule has 2 N–H and O–H groups in total. The van der Waals surface area contributed by atoms with Crippen LogP contribution >= 0.6 is 38.6 Å². The molecule has 0 saturated carbocycles. The average molecular weight is 358 g/mol. The van der Waals surface area contributed by atoms with Crippen LogP contribution in [0.15, 0.2) is 15.9 Å². The van der Waals surface area contributed by atoms with Crippen LogP contribution in [0.25, 0.3) is 10.6 Å². The fourth-order valence-corrected chi connectivity index (χ4v) is 4.90. The van der Waals surface area contributed by atoms with Crippen LogP contribution in [-0.2, 0) is 6.54 Å². The second-order valence-electron chi connectivity index (χ2n) is 4.91. The number of hydrogen-bond acceptors (Lipinski definition) is 5. The van der Waals surface area contributed by atoms with Gasteiger partial charge in [-0.05, 0) is 48.3 Å². The molecule has 0 bridgehead atoms. The zero-order valence-electron chi connectivity index (χ0n) is 10.7. The molecule has 1 aliphatic heterocycles. The zero-order chi connectivity index (χ0) is 13.4. The van der Waals surface area contributed by atoms with Gasteiger partial charge in [-0.2, -0.15) is 0 Å². The van der Waals surface area contributed by atoms with Gasteiger partial charge < -0.3 is 5.73 Å². The minimum Gasteiger partial charge on any atom is -0.375 e. The van der Waals surface area contributed by atoms with Gasteiger partial charge in [0.15, 0.2) is 5.13 Å². The molecule has 2 aromatic rings. The molecule has 6 heteroatoms. The van der Waals surface area contributed by atoms with E-state index in [1.165, 1.54) is 29.1 Å². The Bertz CT molecular complexity index is 578. The van der Waals surface area contributed by atoms with Gasteiger partial charge in [-0.3, -0.25) is 4.90 Å². The molecule has 102 valence electrons. The molecule has 1 atom stereocenters. The van der Waals surface area contributed by atoms with E-state index in [1.807, 2.05) is 0 Å². The lowest BCUT2D eigenvalue weighted by Crippen LogP contribution is -2.25. The van der Waals surface area contributed by atoms with Crippen LogP contribution < -0.4 is 5.73 Å². The third-order valence-corrected chi connectivity index (χ3v) is 6.12. The lowest BCUT2D eigenvalue weighted by atomic mass is 10.2. The van der Waals surface area contributed by atoms with Crippen LogP contribution in [0.3, 0.4) is 0 Å². The van der Waals surface area contributed by atoms with E-state index in [4.69, 9.17) is 5.73 Å². The number of thiophene rings is 1. The van der Waals surface area contributed by atoms with E-state index in [1.54, 1.807) is 22.7 Å². The van der Waals surface area contributed by atoms with Crippen molar-refractivity contribution in [2.75, 3.05) is 12.3 Å². The second kappa shape index (κ2) is 5.52. The van der Waals surface area contributed by atoms with Crippen LogP contribution in [0.4, 0.5) is 5.13 Å². The molecule has 1 fully saturated rings. The van der Waals surface area contributed by atoms with Gasteiger partial charge in [0.05, 0.1) is 10.6 Å². The van der Waals surface area contributed by atoms with Gasteiger partial charge in [-0.1, -0.05) is 0 Å². The highest BCUT2D eigenvalue weighted by atomic mass is 79.9. The van der Waals surface area contributed by atoms with Crippen molar-refractivity contribution in [3.05, 3.63) is 20.8 Å². The number of aromatic nitrogens is 1. The number of anilines is 1. The third-order valence-electron chi connectivity index (χ3n) is 3.55. The van der Waals surface area contributed by atoms with Gasteiger partial charge in [0.2, 0.25) is 0 Å². The lowest BCUT2D eigenvalue weighted by Gasteiger charge is -2.20. The fourth-order valence-electron chi connectivity index (χ4n) is 2.52. The Morgan fingerprint density at radius 2 is 2.42 bits per heavy atom. The summed E-state index contributed by atoms with van der Waals surface area (Å²) < 4.78 is 1.11. The van der Waals surface area contributed by atoms with E-state index in [0.29, 0.717) is 11.2 Å². The van der Waals surface area contributed by atoms with Gasteiger partial charge in [-0.25, -0.2) is 4.98 Å². The molecule has 0 radical (unpaired) electrons. The second-order valence-corrected chi connectivity index (χ2v) is 7.86. The summed E-state index contributed by atoms with van der Waals surface area (Å²) in [7, 11) is 0. The normalized spacial score (nSPS) is 20.2. The Kier molecular flexibility index (Phi) is 3.93. The number of rotatable bonds is 3. The summed E-state index contributed by atoms with van der Waals surface area (Å²) in [6.45, 7) is 4.46. The molecule has 1 aliphatic rings. The van der Waals surface area contributed by atoms with E-state index in [0.717, 1.165) is 16.7 Å². The first kappa shape index (κ1) is 13.5. The van der Waals surface area contributed by atoms with E-state index in [2.05, 4.69) is 44.2 Å². The number of likely N-dealkylation sites (tertiary alicyclic amines) is 1. The van der Waals surface area contributed by atoms with Gasteiger partial charge >= 0.3 is 0 Å². The zero-order valence-corrected chi connectivity index (χ0v) is 13.9. The summed E-state index contributed by atoms with van der Waals surface area (Å²) in [6.07, 6.45) is 2.60. The van der Waals surface area contributed by atoms with Crippen molar-refractivity contribution in [1.29, 1.82) is 0 Å². The Morgan fingerprint density at radius 1 is 1.58 bits per heavy atom. The van der Waals surface area contributed by atoms with Gasteiger partial charge in [-0.15, -0.1) is 22.7 Å². The van der Waals surface area contributed by atoms with Crippen molar-refractivity contribution in [2.45, 2.75) is 32.4 Å². The molecule has 0 spiro atoms. The van der Waals surface area contributed by atoms with Gasteiger partial charge in [0, 0.05) is 27.3 Å². The number of nitrogen functional groups attached to an aromatic ring is 1. The largest absolute Gasteiger partial charge is 0.375 e. The van der Waals surface area contributed by atoms with Crippen molar-refractivity contribution in [1.82, 2.24) is 9.88 Å². The SMILES string of the molecule is CC1CCCN1Cc1sc(N)nc1-c1cc(Br)cs1. The Labute approximate surface area is 129 Å². The summed E-state index contributed by atoms with van der Waals surface area (Å²) in [4.78, 5) is 9.54. The number of nitrogens with two attached hydrogens (primary N) is 1. The van der Waals surface area contributed by atoms with Crippen LogP contribution in [0, 0.1) is 0 Å². The molecule has 19 heavy (non-hydrogen) atoms. The standard InChI is InChI=1S/C13H16BrN3S2/c1-8-3-2-4-17(8)6-11-12(16-13(15)19-11)10-5-9(14)7-18-10/h5,7-8H,2-4,6H2,1H3,(H2,15,16). The van der Waals surface area contributed by atoms with E-state index >= 15 is 0 Å². The van der Waals surface area contributed by atoms with Crippen molar-refractivity contribution < 1.29 is 0 Å². The molecular weight excluding hydrogens is 342 g/mol. The molecule has 0 aromatic carbocycles. The maximum Gasteiger partial charge on any atom is 0.180 e. The first-order valence-corrected chi connectivity index (χ1v) is 8.86. The molecule has 3 rings (SSSR count). The topological polar surface area (TPSA) is 42.1 Å². The lowest BCUT2D eigenvalue weighted by molar-refractivity contribution is 0.263. The van der Waals surface area contributed by atoms with Crippen molar-refractivity contribution in [3.63, 3.8) is 0 Å². The van der Waals surface area contributed by atoms with E-state index in [-0.39, 0.29) is 0 Å². The highest BCUT2D eigenvalue weighted by Crippen LogP contribution is 2.36. The quantitative estimate of drug-likeness (QED) is 0.894. The van der Waals surface area contributed by atoms with E-state index < -0.39 is 0 Å². The van der Waals surface area contributed by atoms with Crippen LogP contribution in [0.5, 0.6) is 0 Å². The highest BCUT2D eigenvalue weighted by Gasteiger charge is 2.23. The molecule has 1 saturated heterocycles. The Morgan fingerprint density at radius 3 is 3.05 bits per heavy atom. The molecular formula is C13H16BrN3S2. The van der Waals surface area contributed by atoms with Crippen molar-refractivity contribution in [2.24, 2.45) is 0 Å². The number of halogens is 1. The third kappa shape index (κ3) is 2.86. The summed E-state index contributed by atoms with van der Waals surface area (Å²) >= 11 is 6.84. The van der Waals surface area contributed by atoms with Crippen LogP contribution in [0.2, 0.25) is 0 Å². The minimum absolute atomic E-state index is 0.668. The predicted molar refractivity (Wildman–Crippen MR) is 86.6 cm³/mol. The fraction of sp³-hybridized carbons (Fsp3) is 0.462. The summed E-state index contributed by atoms with van der Waals surface area (Å²) in [6, 6.07) is 2.79. The smallest absolute Gasteiger partial charge is 0.180 e. The summed E-state index contributed by atoms with van der Waals surface area (Å²) in [5.41, 5.74) is 6.98. The maximum atomic E-state index is 5.91. The highest BCUT2D eigenvalue weighted by molar-refractivity contribution is 9.10. The first-order valence-electron chi connectivity index (χ1n) is 6.37. The average Bonchev–Trinajstić information content (AvgIpc) is 3.03. The Hall–Kier alpha value is -0.430. The van der Waals surface area contributed by atoms with Crippen LogP contribution in [-0.4, -0.2) is 22.5 Å². The summed E-state index contributed by atoms with van der Waals surface area (Å²) in [5.74, 6) is 0. The van der Waals surface area contributed by atoms with Crippen LogP contribution in [0.1, 0.15) is 24.6 Å². The first-order chi connectivity index (χ1) is 9.13. The van der Waals surface area contributed by atoms with Gasteiger partial charge in [0.25, 0.3) is 0 Å². The molecule has 2 aromatic heterocycles. The predicted octanol–water partition coefficient (Wildman–Crippen LogP) is 4.20. The van der Waals surface area contributed by atoms with Gasteiger partial charge in [0.1, 0.15) is 0 Å². The number of nitrogens with zero attached hydrogens (tertiary/aromatic N) is 2. The van der Waals surface area contributed by atoms with Crippen molar-refractivity contribution >= 4 is 43.7 Å². The monoisotopic (exact) mass is 357 g/mol. The maximum absolute atomic E-state index is 5.91.